The van der Waals surface area contributed by atoms with Crippen molar-refractivity contribution >= 4 is 17.8 Å². The summed E-state index contributed by atoms with van der Waals surface area (Å²) in [5, 5.41) is 10.7. The number of hydrogen-bond donors (Lipinski definition) is 6. The van der Waals surface area contributed by atoms with Gasteiger partial charge in [0, 0.05) is 6.42 Å². The van der Waals surface area contributed by atoms with Gasteiger partial charge in [-0.25, -0.2) is 4.79 Å². The Morgan fingerprint density at radius 2 is 1.40 bits per heavy atom. The molecule has 0 radical (unpaired) electrons. The van der Waals surface area contributed by atoms with Crippen LogP contribution in [-0.2, 0) is 19.1 Å². The highest BCUT2D eigenvalue weighted by Crippen LogP contribution is 2.12. The minimum Gasteiger partial charge on any atom is -0.481 e. The third-order valence-electron chi connectivity index (χ3n) is 3.86. The molecule has 2 atom stereocenters. The Hall–Kier alpha value is -1.75. The molecular formula is C20H43N5O5. The Morgan fingerprint density at radius 1 is 0.900 bits per heavy atom. The summed E-state index contributed by atoms with van der Waals surface area (Å²) in [7, 11) is 0. The van der Waals surface area contributed by atoms with Crippen molar-refractivity contribution in [3.8, 4) is 0 Å². The molecule has 0 aromatic carbocycles. The van der Waals surface area contributed by atoms with E-state index in [0.717, 1.165) is 25.7 Å². The van der Waals surface area contributed by atoms with Crippen LogP contribution < -0.4 is 28.3 Å². The number of rotatable bonds is 14. The standard InChI is InChI=1S/C16H34N4O3.C4H9NO2/c1-16(2,3)23-15(22)13(9-5-7-11-18)20-14(21)12(19)8-4-6-10-17;5-3-1-2-4(6)7/h12-13H,4-11,17-19H2,1-3H3,(H,20,21);1-3,5H2,(H,6,7). The van der Waals surface area contributed by atoms with Gasteiger partial charge in [-0.2, -0.15) is 0 Å². The lowest BCUT2D eigenvalue weighted by Gasteiger charge is -2.25. The molecule has 0 bridgehead atoms. The van der Waals surface area contributed by atoms with Crippen LogP contribution in [-0.4, -0.2) is 60.3 Å². The van der Waals surface area contributed by atoms with Crippen molar-refractivity contribution in [2.24, 2.45) is 22.9 Å². The van der Waals surface area contributed by atoms with Crippen molar-refractivity contribution in [3.63, 3.8) is 0 Å². The summed E-state index contributed by atoms with van der Waals surface area (Å²) in [6.07, 6.45) is 4.95. The lowest BCUT2D eigenvalue weighted by Crippen LogP contribution is -2.50. The van der Waals surface area contributed by atoms with Crippen LogP contribution in [0.4, 0.5) is 0 Å². The van der Waals surface area contributed by atoms with E-state index in [0.29, 0.717) is 38.9 Å². The van der Waals surface area contributed by atoms with E-state index < -0.39 is 29.6 Å². The summed E-state index contributed by atoms with van der Waals surface area (Å²) in [6, 6.07) is -1.32. The zero-order valence-corrected chi connectivity index (χ0v) is 18.8. The molecule has 0 fully saturated rings. The molecule has 0 saturated heterocycles. The number of nitrogens with one attached hydrogen (secondary N) is 1. The van der Waals surface area contributed by atoms with E-state index in [9.17, 15) is 14.4 Å². The number of ether oxygens (including phenoxy) is 1. The number of amides is 1. The van der Waals surface area contributed by atoms with Gasteiger partial charge in [0.05, 0.1) is 6.04 Å². The molecule has 0 saturated carbocycles. The van der Waals surface area contributed by atoms with Crippen molar-refractivity contribution < 1.29 is 24.2 Å². The summed E-state index contributed by atoms with van der Waals surface area (Å²) < 4.78 is 5.37. The Balaban J connectivity index is 0. The van der Waals surface area contributed by atoms with Crippen LogP contribution in [0.1, 0.15) is 72.1 Å². The lowest BCUT2D eigenvalue weighted by molar-refractivity contribution is -0.159. The summed E-state index contributed by atoms with van der Waals surface area (Å²) in [4.78, 5) is 34.1. The molecule has 0 aliphatic rings. The van der Waals surface area contributed by atoms with E-state index in [1.54, 1.807) is 20.8 Å². The molecule has 10 N–H and O–H groups in total. The van der Waals surface area contributed by atoms with Crippen LogP contribution in [0.2, 0.25) is 0 Å². The molecular weight excluding hydrogens is 390 g/mol. The molecule has 10 nitrogen and oxygen atoms in total. The number of aliphatic carboxylic acids is 1. The third-order valence-corrected chi connectivity index (χ3v) is 3.86. The molecule has 0 aliphatic heterocycles. The summed E-state index contributed by atoms with van der Waals surface area (Å²) in [5.41, 5.74) is 21.2. The maximum atomic E-state index is 12.2. The molecule has 0 rings (SSSR count). The molecule has 0 heterocycles. The van der Waals surface area contributed by atoms with E-state index in [1.807, 2.05) is 0 Å². The number of hydrogen-bond acceptors (Lipinski definition) is 8. The smallest absolute Gasteiger partial charge is 0.329 e. The Labute approximate surface area is 180 Å². The molecule has 10 heteroatoms. The van der Waals surface area contributed by atoms with Crippen LogP contribution >= 0.6 is 0 Å². The van der Waals surface area contributed by atoms with Gasteiger partial charge in [-0.3, -0.25) is 9.59 Å². The summed E-state index contributed by atoms with van der Waals surface area (Å²) in [6.45, 7) is 6.97. The van der Waals surface area contributed by atoms with Gasteiger partial charge in [0.1, 0.15) is 11.6 Å². The first-order valence-electron chi connectivity index (χ1n) is 10.6. The Bertz CT molecular complexity index is 483. The second-order valence-corrected chi connectivity index (χ2v) is 8.06. The second-order valence-electron chi connectivity index (χ2n) is 8.06. The fourth-order valence-corrected chi connectivity index (χ4v) is 2.29. The van der Waals surface area contributed by atoms with Gasteiger partial charge in [0.15, 0.2) is 0 Å². The van der Waals surface area contributed by atoms with Crippen molar-refractivity contribution in [1.82, 2.24) is 5.32 Å². The van der Waals surface area contributed by atoms with Crippen molar-refractivity contribution in [3.05, 3.63) is 0 Å². The number of carbonyl (C=O) groups excluding carboxylic acids is 2. The van der Waals surface area contributed by atoms with Crippen molar-refractivity contribution in [2.45, 2.75) is 89.8 Å². The highest BCUT2D eigenvalue weighted by molar-refractivity contribution is 5.87. The van der Waals surface area contributed by atoms with Gasteiger partial charge < -0.3 is 38.1 Å². The van der Waals surface area contributed by atoms with E-state index in [-0.39, 0.29) is 12.3 Å². The maximum absolute atomic E-state index is 12.2. The molecule has 0 aromatic rings. The first-order valence-corrected chi connectivity index (χ1v) is 10.6. The number of esters is 1. The van der Waals surface area contributed by atoms with Gasteiger partial charge in [-0.05, 0) is 78.9 Å². The second kappa shape index (κ2) is 18.1. The van der Waals surface area contributed by atoms with Crippen molar-refractivity contribution in [2.75, 3.05) is 19.6 Å². The van der Waals surface area contributed by atoms with Crippen LogP contribution in [0.3, 0.4) is 0 Å². The predicted octanol–water partition coefficient (Wildman–Crippen LogP) is 0.208. The average Bonchev–Trinajstić information content (AvgIpc) is 2.64. The molecule has 0 spiro atoms. The molecule has 30 heavy (non-hydrogen) atoms. The molecule has 1 amide bonds. The predicted molar refractivity (Wildman–Crippen MR) is 117 cm³/mol. The SMILES string of the molecule is CC(C)(C)OC(=O)C(CCCCN)NC(=O)C(N)CCCCN.NCCCC(=O)O. The van der Waals surface area contributed by atoms with Crippen molar-refractivity contribution in [1.29, 1.82) is 0 Å². The van der Waals surface area contributed by atoms with Gasteiger partial charge in [0.2, 0.25) is 5.91 Å². The summed E-state index contributed by atoms with van der Waals surface area (Å²) >= 11 is 0. The first-order chi connectivity index (χ1) is 14.0. The quantitative estimate of drug-likeness (QED) is 0.164. The fourth-order valence-electron chi connectivity index (χ4n) is 2.29. The highest BCUT2D eigenvalue weighted by atomic mass is 16.6. The minimum atomic E-state index is -0.773. The largest absolute Gasteiger partial charge is 0.481 e. The topological polar surface area (TPSA) is 197 Å². The number of nitrogens with two attached hydrogens (primary N) is 4. The average molecular weight is 434 g/mol. The maximum Gasteiger partial charge on any atom is 0.329 e. The van der Waals surface area contributed by atoms with Crippen LogP contribution in [0.25, 0.3) is 0 Å². The van der Waals surface area contributed by atoms with Crippen LogP contribution in [0, 0.1) is 0 Å². The van der Waals surface area contributed by atoms with Crippen LogP contribution in [0.5, 0.6) is 0 Å². The molecule has 0 aromatic heterocycles. The summed E-state index contributed by atoms with van der Waals surface area (Å²) in [5.74, 6) is -1.53. The van der Waals surface area contributed by atoms with E-state index >= 15 is 0 Å². The Morgan fingerprint density at radius 3 is 1.80 bits per heavy atom. The van der Waals surface area contributed by atoms with E-state index in [4.69, 9.17) is 32.8 Å². The monoisotopic (exact) mass is 433 g/mol. The molecule has 2 unspecified atom stereocenters. The zero-order chi connectivity index (χ0) is 23.6. The first kappa shape index (κ1) is 30.4. The number of carboxylic acids is 1. The zero-order valence-electron chi connectivity index (χ0n) is 18.8. The molecule has 178 valence electrons. The molecule has 0 aliphatic carbocycles. The number of carbonyl (C=O) groups is 3. The highest BCUT2D eigenvalue weighted by Gasteiger charge is 2.27. The fraction of sp³-hybridized carbons (Fsp3) is 0.850. The van der Waals surface area contributed by atoms with E-state index in [1.165, 1.54) is 0 Å². The third kappa shape index (κ3) is 19.6. The van der Waals surface area contributed by atoms with Gasteiger partial charge >= 0.3 is 11.9 Å². The van der Waals surface area contributed by atoms with E-state index in [2.05, 4.69) is 5.32 Å². The Kier molecular flexibility index (Phi) is 18.3. The normalized spacial score (nSPS) is 12.9. The lowest BCUT2D eigenvalue weighted by atomic mass is 10.1. The van der Waals surface area contributed by atoms with Gasteiger partial charge in [0.25, 0.3) is 0 Å². The number of unbranched alkanes of at least 4 members (excludes halogenated alkanes) is 2. The van der Waals surface area contributed by atoms with Crippen LogP contribution in [0.15, 0.2) is 0 Å². The van der Waals surface area contributed by atoms with Gasteiger partial charge in [-0.1, -0.05) is 6.42 Å². The minimum absolute atomic E-state index is 0.191. The number of carboxylic acid groups (broad SMARTS) is 1. The van der Waals surface area contributed by atoms with Gasteiger partial charge in [-0.15, -0.1) is 0 Å².